The van der Waals surface area contributed by atoms with E-state index >= 15 is 0 Å². The number of ether oxygens (including phenoxy) is 1. The van der Waals surface area contributed by atoms with E-state index in [-0.39, 0.29) is 0 Å². The molecule has 82 valence electrons. The summed E-state index contributed by atoms with van der Waals surface area (Å²) in [6.07, 6.45) is 2.47. The van der Waals surface area contributed by atoms with Crippen molar-refractivity contribution in [2.45, 2.75) is 6.42 Å². The van der Waals surface area contributed by atoms with E-state index in [2.05, 4.69) is 15.3 Å². The van der Waals surface area contributed by atoms with Gasteiger partial charge in [0.1, 0.15) is 23.0 Å². The molecule has 0 aromatic carbocycles. The van der Waals surface area contributed by atoms with Gasteiger partial charge in [0.05, 0.1) is 6.61 Å². The van der Waals surface area contributed by atoms with Gasteiger partial charge in [0, 0.05) is 19.1 Å². The largest absolute Gasteiger partial charge is 0.382 e. The van der Waals surface area contributed by atoms with Gasteiger partial charge in [-0.25, -0.2) is 9.97 Å². The van der Waals surface area contributed by atoms with Crippen molar-refractivity contribution in [3.05, 3.63) is 11.3 Å². The number of halogens is 1. The predicted octanol–water partition coefficient (Wildman–Crippen LogP) is 1.16. The van der Waals surface area contributed by atoms with Crippen molar-refractivity contribution in [1.82, 2.24) is 9.97 Å². The van der Waals surface area contributed by atoms with Crippen molar-refractivity contribution in [2.24, 2.45) is 5.92 Å². The summed E-state index contributed by atoms with van der Waals surface area (Å²) in [5.41, 5.74) is 5.56. The van der Waals surface area contributed by atoms with Gasteiger partial charge in [-0.2, -0.15) is 0 Å². The maximum Gasteiger partial charge on any atom is 0.150 e. The molecule has 0 aliphatic carbocycles. The van der Waals surface area contributed by atoms with Crippen LogP contribution in [0.15, 0.2) is 6.33 Å². The first-order chi connectivity index (χ1) is 7.27. The number of nitrogens with zero attached hydrogens (tertiary/aromatic N) is 2. The Hall–Kier alpha value is -1.07. The Balaban J connectivity index is 1.95. The van der Waals surface area contributed by atoms with Gasteiger partial charge in [-0.05, 0) is 6.42 Å². The van der Waals surface area contributed by atoms with Gasteiger partial charge < -0.3 is 15.8 Å². The molecule has 1 atom stereocenters. The van der Waals surface area contributed by atoms with E-state index < -0.39 is 0 Å². The highest BCUT2D eigenvalue weighted by atomic mass is 35.5. The van der Waals surface area contributed by atoms with E-state index in [0.717, 1.165) is 26.2 Å². The van der Waals surface area contributed by atoms with Crippen LogP contribution in [0.25, 0.3) is 0 Å². The van der Waals surface area contributed by atoms with Crippen LogP contribution in [-0.4, -0.2) is 29.7 Å². The second kappa shape index (κ2) is 4.63. The predicted molar refractivity (Wildman–Crippen MR) is 58.9 cm³/mol. The number of hydrogen-bond acceptors (Lipinski definition) is 5. The molecule has 1 aliphatic rings. The molecule has 0 bridgehead atoms. The summed E-state index contributed by atoms with van der Waals surface area (Å²) >= 11 is 5.93. The highest BCUT2D eigenvalue weighted by Crippen LogP contribution is 2.23. The van der Waals surface area contributed by atoms with Crippen LogP contribution >= 0.6 is 11.6 Å². The van der Waals surface area contributed by atoms with E-state index in [1.54, 1.807) is 0 Å². The molecule has 2 heterocycles. The third-order valence-electron chi connectivity index (χ3n) is 2.40. The second-order valence-corrected chi connectivity index (χ2v) is 3.91. The third-order valence-corrected chi connectivity index (χ3v) is 2.77. The van der Waals surface area contributed by atoms with Crippen molar-refractivity contribution in [3.8, 4) is 0 Å². The molecule has 1 aromatic rings. The van der Waals surface area contributed by atoms with Crippen LogP contribution in [-0.2, 0) is 4.74 Å². The molecular weight excluding hydrogens is 216 g/mol. The van der Waals surface area contributed by atoms with Crippen LogP contribution in [0.2, 0.25) is 5.02 Å². The van der Waals surface area contributed by atoms with E-state index in [1.165, 1.54) is 6.33 Å². The molecule has 3 N–H and O–H groups in total. The lowest BCUT2D eigenvalue weighted by molar-refractivity contribution is 0.187. The third kappa shape index (κ3) is 2.49. The Morgan fingerprint density at radius 1 is 1.60 bits per heavy atom. The lowest BCUT2D eigenvalue weighted by Crippen LogP contribution is -2.15. The molecule has 1 saturated heterocycles. The molecule has 15 heavy (non-hydrogen) atoms. The number of nitrogens with two attached hydrogens (primary N) is 1. The first kappa shape index (κ1) is 10.4. The lowest BCUT2D eigenvalue weighted by Gasteiger charge is -2.11. The average Bonchev–Trinajstić information content (AvgIpc) is 2.73. The van der Waals surface area contributed by atoms with Crippen molar-refractivity contribution < 1.29 is 4.74 Å². The summed E-state index contributed by atoms with van der Waals surface area (Å²) in [7, 11) is 0. The smallest absolute Gasteiger partial charge is 0.150 e. The van der Waals surface area contributed by atoms with E-state index in [0.29, 0.717) is 22.6 Å². The fraction of sp³-hybridized carbons (Fsp3) is 0.556. The number of aromatic nitrogens is 2. The Morgan fingerprint density at radius 2 is 2.47 bits per heavy atom. The summed E-state index contributed by atoms with van der Waals surface area (Å²) in [5, 5.41) is 3.54. The zero-order valence-corrected chi connectivity index (χ0v) is 9.00. The number of nitrogens with one attached hydrogen (secondary N) is 1. The second-order valence-electron chi connectivity index (χ2n) is 3.53. The molecule has 1 unspecified atom stereocenters. The average molecular weight is 229 g/mol. The Labute approximate surface area is 93.0 Å². The van der Waals surface area contributed by atoms with Gasteiger partial charge in [-0.1, -0.05) is 11.6 Å². The van der Waals surface area contributed by atoms with E-state index in [9.17, 15) is 0 Å². The summed E-state index contributed by atoms with van der Waals surface area (Å²) in [6, 6.07) is 0. The molecule has 5 nitrogen and oxygen atoms in total. The van der Waals surface area contributed by atoms with Crippen molar-refractivity contribution >= 4 is 23.2 Å². The zero-order valence-electron chi connectivity index (χ0n) is 8.24. The first-order valence-electron chi connectivity index (χ1n) is 4.85. The minimum Gasteiger partial charge on any atom is -0.382 e. The molecule has 1 aliphatic heterocycles. The number of anilines is 2. The Kier molecular flexibility index (Phi) is 3.23. The molecular formula is C9H13ClN4O. The molecule has 1 fully saturated rings. The SMILES string of the molecule is Nc1ncnc(NCC2CCOC2)c1Cl. The van der Waals surface area contributed by atoms with Crippen molar-refractivity contribution in [1.29, 1.82) is 0 Å². The molecule has 1 aromatic heterocycles. The summed E-state index contributed by atoms with van der Waals surface area (Å²) in [4.78, 5) is 7.81. The quantitative estimate of drug-likeness (QED) is 0.812. The van der Waals surface area contributed by atoms with Gasteiger partial charge in [0.2, 0.25) is 0 Å². The van der Waals surface area contributed by atoms with E-state index in [4.69, 9.17) is 22.1 Å². The van der Waals surface area contributed by atoms with Gasteiger partial charge in [0.15, 0.2) is 0 Å². The first-order valence-corrected chi connectivity index (χ1v) is 5.22. The van der Waals surface area contributed by atoms with Crippen LogP contribution in [0.1, 0.15) is 6.42 Å². The number of rotatable bonds is 3. The molecule has 2 rings (SSSR count). The van der Waals surface area contributed by atoms with Gasteiger partial charge in [-0.15, -0.1) is 0 Å². The monoisotopic (exact) mass is 228 g/mol. The Bertz CT molecular complexity index is 341. The van der Waals surface area contributed by atoms with Crippen LogP contribution in [0.4, 0.5) is 11.6 Å². The topological polar surface area (TPSA) is 73.1 Å². The standard InChI is InChI=1S/C9H13ClN4O/c10-7-8(11)13-5-14-9(7)12-3-6-1-2-15-4-6/h5-6H,1-4H2,(H3,11,12,13,14). The van der Waals surface area contributed by atoms with Gasteiger partial charge in [-0.3, -0.25) is 0 Å². The van der Waals surface area contributed by atoms with Gasteiger partial charge >= 0.3 is 0 Å². The number of hydrogen-bond donors (Lipinski definition) is 2. The molecule has 0 saturated carbocycles. The lowest BCUT2D eigenvalue weighted by atomic mass is 10.1. The molecule has 0 radical (unpaired) electrons. The Morgan fingerprint density at radius 3 is 3.20 bits per heavy atom. The van der Waals surface area contributed by atoms with Gasteiger partial charge in [0.25, 0.3) is 0 Å². The fourth-order valence-corrected chi connectivity index (χ4v) is 1.66. The fourth-order valence-electron chi connectivity index (χ4n) is 1.49. The summed E-state index contributed by atoms with van der Waals surface area (Å²) < 4.78 is 5.27. The highest BCUT2D eigenvalue weighted by Gasteiger charge is 2.16. The van der Waals surface area contributed by atoms with Crippen molar-refractivity contribution in [2.75, 3.05) is 30.8 Å². The van der Waals surface area contributed by atoms with Crippen LogP contribution in [0.3, 0.4) is 0 Å². The van der Waals surface area contributed by atoms with Crippen LogP contribution in [0, 0.1) is 5.92 Å². The zero-order chi connectivity index (χ0) is 10.7. The minimum absolute atomic E-state index is 0.303. The van der Waals surface area contributed by atoms with Crippen LogP contribution in [0.5, 0.6) is 0 Å². The summed E-state index contributed by atoms with van der Waals surface area (Å²) in [6.45, 7) is 2.44. The number of nitrogen functional groups attached to an aromatic ring is 1. The van der Waals surface area contributed by atoms with Crippen molar-refractivity contribution in [3.63, 3.8) is 0 Å². The summed E-state index contributed by atoms with van der Waals surface area (Å²) in [5.74, 6) is 1.42. The minimum atomic E-state index is 0.303. The maximum atomic E-state index is 5.93. The maximum absolute atomic E-state index is 5.93. The molecule has 6 heteroatoms. The van der Waals surface area contributed by atoms with E-state index in [1.807, 2.05) is 0 Å². The van der Waals surface area contributed by atoms with Crippen LogP contribution < -0.4 is 11.1 Å². The molecule has 0 amide bonds. The normalized spacial score (nSPS) is 20.5. The molecule has 0 spiro atoms. The highest BCUT2D eigenvalue weighted by molar-refractivity contribution is 6.35.